The molecule has 0 saturated carbocycles. The molecule has 0 bridgehead atoms. The van der Waals surface area contributed by atoms with Gasteiger partial charge in [-0.15, -0.1) is 0 Å². The molecular formula is C22H24ClN5O. The second-order valence-electron chi connectivity index (χ2n) is 7.50. The molecule has 150 valence electrons. The number of benzene rings is 2. The molecule has 0 aliphatic carbocycles. The van der Waals surface area contributed by atoms with E-state index in [1.54, 1.807) is 0 Å². The lowest BCUT2D eigenvalue weighted by Gasteiger charge is -2.17. The Labute approximate surface area is 175 Å². The van der Waals surface area contributed by atoms with E-state index in [4.69, 9.17) is 11.6 Å². The normalized spacial score (nSPS) is 16.1. The van der Waals surface area contributed by atoms with Crippen LogP contribution in [0.5, 0.6) is 0 Å². The number of carbonyl (C=O) groups is 1. The Balaban J connectivity index is 1.39. The van der Waals surface area contributed by atoms with E-state index < -0.39 is 0 Å². The molecule has 29 heavy (non-hydrogen) atoms. The zero-order valence-corrected chi connectivity index (χ0v) is 17.3. The molecule has 2 N–H and O–H groups in total. The highest BCUT2D eigenvalue weighted by atomic mass is 35.5. The molecule has 4 rings (SSSR count). The molecule has 1 saturated heterocycles. The van der Waals surface area contributed by atoms with E-state index in [2.05, 4.69) is 20.4 Å². The van der Waals surface area contributed by atoms with Gasteiger partial charge >= 0.3 is 0 Å². The minimum absolute atomic E-state index is 0.0376. The highest BCUT2D eigenvalue weighted by Gasteiger charge is 2.26. The van der Waals surface area contributed by atoms with E-state index >= 15 is 0 Å². The Morgan fingerprint density at radius 3 is 2.76 bits per heavy atom. The summed E-state index contributed by atoms with van der Waals surface area (Å²) in [5, 5.41) is 11.4. The topological polar surface area (TPSA) is 64.3 Å². The number of aromatic amines is 1. The summed E-state index contributed by atoms with van der Waals surface area (Å²) in [7, 11) is 3.93. The first-order valence-electron chi connectivity index (χ1n) is 9.64. The summed E-state index contributed by atoms with van der Waals surface area (Å²) in [6.45, 7) is 1.59. The number of H-pyrrole nitrogens is 1. The van der Waals surface area contributed by atoms with Gasteiger partial charge in [0.25, 0.3) is 5.91 Å². The van der Waals surface area contributed by atoms with Gasteiger partial charge in [0, 0.05) is 55.6 Å². The van der Waals surface area contributed by atoms with Crippen molar-refractivity contribution in [2.75, 3.05) is 37.0 Å². The zero-order valence-electron chi connectivity index (χ0n) is 16.5. The molecule has 2 aromatic carbocycles. The lowest BCUT2D eigenvalue weighted by molar-refractivity contribution is 0.0940. The number of nitrogens with one attached hydrogen (secondary N) is 2. The molecule has 2 heterocycles. The van der Waals surface area contributed by atoms with Crippen molar-refractivity contribution >= 4 is 29.0 Å². The van der Waals surface area contributed by atoms with Crippen LogP contribution < -0.4 is 15.1 Å². The van der Waals surface area contributed by atoms with Gasteiger partial charge < -0.3 is 15.1 Å². The minimum Gasteiger partial charge on any atom is -0.378 e. The first-order chi connectivity index (χ1) is 14.0. The fourth-order valence-corrected chi connectivity index (χ4v) is 3.66. The summed E-state index contributed by atoms with van der Waals surface area (Å²) >= 11 is 5.96. The summed E-state index contributed by atoms with van der Waals surface area (Å²) in [5.41, 5.74) is 3.68. The summed E-state index contributed by atoms with van der Waals surface area (Å²) in [4.78, 5) is 16.8. The van der Waals surface area contributed by atoms with Gasteiger partial charge in [-0.3, -0.25) is 9.89 Å². The third kappa shape index (κ3) is 4.38. The van der Waals surface area contributed by atoms with Gasteiger partial charge in [-0.05, 0) is 42.3 Å². The molecule has 1 aliphatic heterocycles. The second-order valence-corrected chi connectivity index (χ2v) is 7.93. The standard InChI is InChI=1S/C22H24ClN5O/c1-27(2)19-5-3-4-16(12-19)22(29)24-18-10-11-28(14-18)21-13-20(25-26-21)15-6-8-17(23)9-7-15/h3-9,12-13,18H,10-11,14H2,1-2H3,(H,24,29)(H,25,26)/t18-/m0/s1. The van der Waals surface area contributed by atoms with Gasteiger partial charge in [0.15, 0.2) is 5.82 Å². The molecule has 6 nitrogen and oxygen atoms in total. The molecule has 1 aliphatic rings. The lowest BCUT2D eigenvalue weighted by Crippen LogP contribution is -2.37. The Kier molecular flexibility index (Phi) is 5.45. The Morgan fingerprint density at radius 2 is 2.00 bits per heavy atom. The maximum absolute atomic E-state index is 12.7. The van der Waals surface area contributed by atoms with Crippen LogP contribution in [0.3, 0.4) is 0 Å². The molecule has 3 aromatic rings. The van der Waals surface area contributed by atoms with E-state index in [9.17, 15) is 4.79 Å². The van der Waals surface area contributed by atoms with Crippen LogP contribution in [0.25, 0.3) is 11.3 Å². The molecule has 1 amide bonds. The quantitative estimate of drug-likeness (QED) is 0.672. The third-order valence-corrected chi connectivity index (χ3v) is 5.44. The van der Waals surface area contributed by atoms with Crippen LogP contribution in [0.2, 0.25) is 5.02 Å². The summed E-state index contributed by atoms with van der Waals surface area (Å²) in [5.74, 6) is 0.853. The van der Waals surface area contributed by atoms with Crippen molar-refractivity contribution in [1.82, 2.24) is 15.5 Å². The molecule has 1 atom stereocenters. The number of rotatable bonds is 5. The van der Waals surface area contributed by atoms with Gasteiger partial charge in [0.2, 0.25) is 0 Å². The smallest absolute Gasteiger partial charge is 0.251 e. The molecule has 0 spiro atoms. The Morgan fingerprint density at radius 1 is 1.21 bits per heavy atom. The average molecular weight is 410 g/mol. The number of amides is 1. The van der Waals surface area contributed by atoms with Crippen LogP contribution in [0.4, 0.5) is 11.5 Å². The number of halogens is 1. The van der Waals surface area contributed by atoms with Crippen LogP contribution in [0, 0.1) is 0 Å². The van der Waals surface area contributed by atoms with Gasteiger partial charge in [-0.1, -0.05) is 29.8 Å². The van der Waals surface area contributed by atoms with Crippen LogP contribution in [0.1, 0.15) is 16.8 Å². The first-order valence-corrected chi connectivity index (χ1v) is 10.0. The van der Waals surface area contributed by atoms with E-state index in [0.29, 0.717) is 10.6 Å². The van der Waals surface area contributed by atoms with Gasteiger partial charge in [0.1, 0.15) is 0 Å². The molecule has 7 heteroatoms. The van der Waals surface area contributed by atoms with Crippen LogP contribution in [-0.2, 0) is 0 Å². The minimum atomic E-state index is -0.0376. The SMILES string of the molecule is CN(C)c1cccc(C(=O)N[C@H]2CCN(c3cc(-c4ccc(Cl)cc4)[nH]n3)C2)c1. The lowest BCUT2D eigenvalue weighted by atomic mass is 10.1. The fraction of sp³-hybridized carbons (Fsp3) is 0.273. The number of anilines is 2. The number of carbonyl (C=O) groups excluding carboxylic acids is 1. The highest BCUT2D eigenvalue weighted by molar-refractivity contribution is 6.30. The highest BCUT2D eigenvalue weighted by Crippen LogP contribution is 2.25. The van der Waals surface area contributed by atoms with E-state index in [0.717, 1.165) is 42.3 Å². The van der Waals surface area contributed by atoms with Crippen molar-refractivity contribution in [2.45, 2.75) is 12.5 Å². The van der Waals surface area contributed by atoms with Crippen molar-refractivity contribution in [3.63, 3.8) is 0 Å². The third-order valence-electron chi connectivity index (χ3n) is 5.19. The van der Waals surface area contributed by atoms with Crippen molar-refractivity contribution in [3.8, 4) is 11.3 Å². The van der Waals surface area contributed by atoms with Crippen LogP contribution >= 0.6 is 11.6 Å². The number of aromatic nitrogens is 2. The number of hydrogen-bond donors (Lipinski definition) is 2. The summed E-state index contributed by atoms with van der Waals surface area (Å²) < 4.78 is 0. The summed E-state index contributed by atoms with van der Waals surface area (Å²) in [6.07, 6.45) is 0.891. The van der Waals surface area contributed by atoms with Gasteiger partial charge in [-0.2, -0.15) is 5.10 Å². The fourth-order valence-electron chi connectivity index (χ4n) is 3.53. The van der Waals surface area contributed by atoms with E-state index in [1.807, 2.05) is 73.6 Å². The monoisotopic (exact) mass is 409 g/mol. The van der Waals surface area contributed by atoms with Gasteiger partial charge in [0.05, 0.1) is 5.69 Å². The van der Waals surface area contributed by atoms with Crippen molar-refractivity contribution in [1.29, 1.82) is 0 Å². The maximum Gasteiger partial charge on any atom is 0.251 e. The molecule has 0 unspecified atom stereocenters. The average Bonchev–Trinajstić information content (AvgIpc) is 3.38. The molecule has 1 aromatic heterocycles. The number of hydrogen-bond acceptors (Lipinski definition) is 4. The van der Waals surface area contributed by atoms with Crippen molar-refractivity contribution in [2.24, 2.45) is 0 Å². The maximum atomic E-state index is 12.7. The number of nitrogens with zero attached hydrogens (tertiary/aromatic N) is 3. The first kappa shape index (κ1) is 19.3. The molecular weight excluding hydrogens is 386 g/mol. The van der Waals surface area contributed by atoms with E-state index in [1.165, 1.54) is 0 Å². The van der Waals surface area contributed by atoms with Crippen LogP contribution in [0.15, 0.2) is 54.6 Å². The summed E-state index contributed by atoms with van der Waals surface area (Å²) in [6, 6.07) is 17.5. The molecule has 1 fully saturated rings. The molecule has 0 radical (unpaired) electrons. The van der Waals surface area contributed by atoms with Gasteiger partial charge in [-0.25, -0.2) is 0 Å². The predicted molar refractivity (Wildman–Crippen MR) is 118 cm³/mol. The van der Waals surface area contributed by atoms with Crippen molar-refractivity contribution in [3.05, 3.63) is 65.2 Å². The zero-order chi connectivity index (χ0) is 20.4. The Hall–Kier alpha value is -2.99. The Bertz CT molecular complexity index is 998. The van der Waals surface area contributed by atoms with E-state index in [-0.39, 0.29) is 11.9 Å². The second kappa shape index (κ2) is 8.17. The largest absolute Gasteiger partial charge is 0.378 e. The van der Waals surface area contributed by atoms with Crippen LogP contribution in [-0.4, -0.2) is 49.3 Å². The predicted octanol–water partition coefficient (Wildman–Crippen LogP) is 3.80. The van der Waals surface area contributed by atoms with Crippen molar-refractivity contribution < 1.29 is 4.79 Å².